The van der Waals surface area contributed by atoms with Gasteiger partial charge in [0.05, 0.1) is 0 Å². The van der Waals surface area contributed by atoms with Crippen molar-refractivity contribution in [3.05, 3.63) is 0 Å². The Morgan fingerprint density at radius 3 is 0.188 bits per heavy atom. The fraction of sp³-hybridized carbons (Fsp3) is 1.00. The molecule has 0 fully saturated rings. The second kappa shape index (κ2) is 1740. The molecule has 0 bridgehead atoms. The molecule has 0 heteroatoms. The molecule has 0 N–H and O–H groups in total. The zero-order valence-corrected chi connectivity index (χ0v) is 30.8. The molecule has 0 aromatic rings. The summed E-state index contributed by atoms with van der Waals surface area (Å²) in [4.78, 5) is 0. The fourth-order valence-electron chi connectivity index (χ4n) is 0. The molecule has 0 spiro atoms. The van der Waals surface area contributed by atoms with Crippen molar-refractivity contribution in [1.82, 2.24) is 0 Å². The largest absolute Gasteiger partial charge is 0.0683 e. The van der Waals surface area contributed by atoms with Gasteiger partial charge in [0.2, 0.25) is 0 Å². The van der Waals surface area contributed by atoms with Crippen molar-refractivity contribution in [2.75, 3.05) is 0 Å². The normalized spacial score (nSPS) is 4.12. The summed E-state index contributed by atoms with van der Waals surface area (Å²) >= 11 is 0. The van der Waals surface area contributed by atoms with Crippen LogP contribution in [-0.4, -0.2) is 0 Å². The van der Waals surface area contributed by atoms with E-state index >= 15 is 0 Å². The summed E-state index contributed by atoms with van der Waals surface area (Å²) in [6, 6.07) is 0. The molecule has 220 valence electrons. The standard InChI is InChI=1S/2C4H10.12C2H6/c2*1-3-4-2;12*1-2/h2*3-4H2,1-2H3;12*1-2H3. The number of hydrogen-bond acceptors (Lipinski definition) is 0. The number of unbranched alkanes of at least 4 members (excludes halogenated alkanes) is 2. The van der Waals surface area contributed by atoms with Gasteiger partial charge >= 0.3 is 0 Å². The van der Waals surface area contributed by atoms with Gasteiger partial charge < -0.3 is 0 Å². The van der Waals surface area contributed by atoms with Gasteiger partial charge in [0.15, 0.2) is 0 Å². The highest BCUT2D eigenvalue weighted by atomic mass is 13.6. The van der Waals surface area contributed by atoms with E-state index in [2.05, 4.69) is 27.7 Å². The van der Waals surface area contributed by atoms with Gasteiger partial charge in [-0.1, -0.05) is 220 Å². The third-order valence-electron chi connectivity index (χ3n) is 1.000. The van der Waals surface area contributed by atoms with E-state index in [1.165, 1.54) is 25.7 Å². The van der Waals surface area contributed by atoms with Gasteiger partial charge in [0.25, 0.3) is 0 Å². The van der Waals surface area contributed by atoms with Crippen LogP contribution in [0.25, 0.3) is 0 Å². The molecule has 0 heterocycles. The van der Waals surface area contributed by atoms with Crippen molar-refractivity contribution >= 4 is 0 Å². The van der Waals surface area contributed by atoms with Crippen LogP contribution in [0.15, 0.2) is 0 Å². The summed E-state index contributed by atoms with van der Waals surface area (Å²) in [5.41, 5.74) is 0. The van der Waals surface area contributed by atoms with Crippen LogP contribution in [0.2, 0.25) is 0 Å². The first-order chi connectivity index (χ1) is 15.8. The van der Waals surface area contributed by atoms with E-state index in [0.29, 0.717) is 0 Å². The molecule has 0 aliphatic carbocycles. The zero-order chi connectivity index (χ0) is 30.8. The van der Waals surface area contributed by atoms with E-state index in [4.69, 9.17) is 0 Å². The Bertz CT molecular complexity index is 8.00. The Balaban J connectivity index is -0.00000000921. The van der Waals surface area contributed by atoms with Gasteiger partial charge in [-0.05, 0) is 0 Å². The Morgan fingerprint density at radius 1 is 0.156 bits per heavy atom. The average Bonchev–Trinajstić information content (AvgIpc) is 3.01. The second-order valence-electron chi connectivity index (χ2n) is 2.00. The van der Waals surface area contributed by atoms with E-state index in [0.717, 1.165) is 0 Å². The lowest BCUT2D eigenvalue weighted by Gasteiger charge is -1.68. The summed E-state index contributed by atoms with van der Waals surface area (Å²) in [5.74, 6) is 0. The Kier molecular flexibility index (Phi) is 5170. The second-order valence-corrected chi connectivity index (χ2v) is 2.00. The van der Waals surface area contributed by atoms with Crippen molar-refractivity contribution in [2.24, 2.45) is 0 Å². The lowest BCUT2D eigenvalue weighted by atomic mass is 10.4. The van der Waals surface area contributed by atoms with Crippen LogP contribution in [0.1, 0.15) is 220 Å². The average molecular weight is 477 g/mol. The molecule has 0 nitrogen and oxygen atoms in total. The molecular formula is C32H92. The van der Waals surface area contributed by atoms with Crippen LogP contribution in [0.3, 0.4) is 0 Å². The maximum absolute atomic E-state index is 2.18. The van der Waals surface area contributed by atoms with Crippen LogP contribution < -0.4 is 0 Å². The van der Waals surface area contributed by atoms with Gasteiger partial charge in [-0.25, -0.2) is 0 Å². The molecule has 0 aromatic heterocycles. The van der Waals surface area contributed by atoms with Crippen LogP contribution in [0, 0.1) is 0 Å². The molecule has 0 amide bonds. The van der Waals surface area contributed by atoms with E-state index in [1.807, 2.05) is 166 Å². The molecular weight excluding hydrogens is 384 g/mol. The third-order valence-corrected chi connectivity index (χ3v) is 1.000. The van der Waals surface area contributed by atoms with Crippen LogP contribution in [0.5, 0.6) is 0 Å². The minimum Gasteiger partial charge on any atom is -0.0683 e. The summed E-state index contributed by atoms with van der Waals surface area (Å²) in [5, 5.41) is 0. The first-order valence-electron chi connectivity index (χ1n) is 15.8. The Labute approximate surface area is 219 Å². The molecule has 0 saturated carbocycles. The Morgan fingerprint density at radius 2 is 0.188 bits per heavy atom. The molecule has 0 aliphatic rings. The molecule has 0 unspecified atom stereocenters. The Hall–Kier alpha value is 0. The molecule has 32 heavy (non-hydrogen) atoms. The summed E-state index contributed by atoms with van der Waals surface area (Å²) in [7, 11) is 0. The van der Waals surface area contributed by atoms with Gasteiger partial charge in [-0.15, -0.1) is 0 Å². The van der Waals surface area contributed by atoms with Crippen molar-refractivity contribution in [3.8, 4) is 0 Å². The first kappa shape index (κ1) is 94.9. The van der Waals surface area contributed by atoms with Crippen molar-refractivity contribution in [3.63, 3.8) is 0 Å². The van der Waals surface area contributed by atoms with Gasteiger partial charge in [-0.3, -0.25) is 0 Å². The highest BCUT2D eigenvalue weighted by Crippen LogP contribution is 1.77. The molecule has 0 rings (SSSR count). The molecule has 0 aliphatic heterocycles. The van der Waals surface area contributed by atoms with Gasteiger partial charge in [0.1, 0.15) is 0 Å². The quantitative estimate of drug-likeness (QED) is 0.371. The van der Waals surface area contributed by atoms with Crippen molar-refractivity contribution in [2.45, 2.75) is 220 Å². The summed E-state index contributed by atoms with van der Waals surface area (Å²) < 4.78 is 0. The maximum atomic E-state index is 2.18. The predicted octanol–water partition coefficient (Wildman–Crippen LogP) is 15.9. The highest BCUT2D eigenvalue weighted by Gasteiger charge is 1.56. The minimum absolute atomic E-state index is 1.32. The van der Waals surface area contributed by atoms with E-state index in [1.54, 1.807) is 0 Å². The van der Waals surface area contributed by atoms with E-state index < -0.39 is 0 Å². The fourth-order valence-corrected chi connectivity index (χ4v) is 0. The molecule has 0 atom stereocenters. The highest BCUT2D eigenvalue weighted by molar-refractivity contribution is 4.13. The summed E-state index contributed by atoms with van der Waals surface area (Å²) in [6.45, 7) is 56.7. The SMILES string of the molecule is CC.CC.CC.CC.CC.CC.CC.CC.CC.CC.CC.CC.CCCC.CCCC. The zero-order valence-electron chi connectivity index (χ0n) is 30.8. The van der Waals surface area contributed by atoms with Crippen molar-refractivity contribution in [1.29, 1.82) is 0 Å². The smallest absolute Gasteiger partial charge is 0.0564 e. The van der Waals surface area contributed by atoms with Crippen LogP contribution >= 0.6 is 0 Å². The lowest BCUT2D eigenvalue weighted by Crippen LogP contribution is -1.47. The third kappa shape index (κ3) is 6310. The molecule has 0 aromatic carbocycles. The van der Waals surface area contributed by atoms with Crippen LogP contribution in [0.4, 0.5) is 0 Å². The first-order valence-corrected chi connectivity index (χ1v) is 15.8. The monoisotopic (exact) mass is 477 g/mol. The van der Waals surface area contributed by atoms with E-state index in [9.17, 15) is 0 Å². The number of hydrogen-bond donors (Lipinski definition) is 0. The molecule has 0 radical (unpaired) electrons. The topological polar surface area (TPSA) is 0 Å². The molecule has 0 saturated heterocycles. The van der Waals surface area contributed by atoms with Crippen molar-refractivity contribution < 1.29 is 0 Å². The minimum atomic E-state index is 1.32. The van der Waals surface area contributed by atoms with E-state index in [-0.39, 0.29) is 0 Å². The summed E-state index contributed by atoms with van der Waals surface area (Å²) in [6.07, 6.45) is 5.28. The number of rotatable bonds is 2. The maximum Gasteiger partial charge on any atom is -0.0564 e. The van der Waals surface area contributed by atoms with Gasteiger partial charge in [-0.2, -0.15) is 0 Å². The van der Waals surface area contributed by atoms with Gasteiger partial charge in [0, 0.05) is 0 Å². The lowest BCUT2D eigenvalue weighted by molar-refractivity contribution is 0.886. The predicted molar refractivity (Wildman–Crippen MR) is 177 cm³/mol. The van der Waals surface area contributed by atoms with Crippen LogP contribution in [-0.2, 0) is 0 Å².